The Morgan fingerprint density at radius 1 is 1.11 bits per heavy atom. The Labute approximate surface area is 203 Å². The second kappa shape index (κ2) is 9.52. The number of hydrogen-bond donors (Lipinski definition) is 1. The van der Waals surface area contributed by atoms with E-state index in [-0.39, 0.29) is 6.10 Å². The van der Waals surface area contributed by atoms with Crippen LogP contribution in [0.25, 0.3) is 27.8 Å². The Morgan fingerprint density at radius 3 is 2.80 bits per heavy atom. The minimum atomic E-state index is 0.283. The van der Waals surface area contributed by atoms with Crippen LogP contribution in [-0.4, -0.2) is 74.8 Å². The highest BCUT2D eigenvalue weighted by Gasteiger charge is 2.30. The van der Waals surface area contributed by atoms with E-state index in [1.54, 1.807) is 7.11 Å². The van der Waals surface area contributed by atoms with E-state index < -0.39 is 0 Å². The SMILES string of the molecule is COCCO[C@H]1C[C@H](Nc2ncc3c(-c4cnc5nc(C)n(C6CCOCC6)c5c4)ccn3n2)C1. The minimum Gasteiger partial charge on any atom is -0.382 e. The Morgan fingerprint density at radius 2 is 1.97 bits per heavy atom. The van der Waals surface area contributed by atoms with Gasteiger partial charge in [0.05, 0.1) is 36.5 Å². The molecule has 184 valence electrons. The summed E-state index contributed by atoms with van der Waals surface area (Å²) in [6.45, 7) is 4.90. The number of fused-ring (bicyclic) bond motifs is 2. The van der Waals surface area contributed by atoms with E-state index >= 15 is 0 Å². The molecule has 4 aromatic rings. The lowest BCUT2D eigenvalue weighted by Gasteiger charge is -2.35. The Kier molecular flexibility index (Phi) is 6.09. The molecule has 35 heavy (non-hydrogen) atoms. The largest absolute Gasteiger partial charge is 0.382 e. The standard InChI is InChI=1S/C25H31N7O3/c1-16-28-24-22(32(16)19-4-7-34-8-5-19)11-17(14-26-24)21-3-6-31-23(21)15-27-25(30-31)29-18-12-20(13-18)35-10-9-33-2/h3,6,11,14-15,18-20H,4-5,7-10,12-13H2,1-2H3,(H,29,30)/t18-,20-. The van der Waals surface area contributed by atoms with Crippen LogP contribution in [0.1, 0.15) is 37.5 Å². The van der Waals surface area contributed by atoms with Gasteiger partial charge in [0.15, 0.2) is 5.65 Å². The van der Waals surface area contributed by atoms with Crippen molar-refractivity contribution >= 4 is 22.6 Å². The third kappa shape index (κ3) is 4.37. The minimum absolute atomic E-state index is 0.283. The number of rotatable bonds is 8. The fraction of sp³-hybridized carbons (Fsp3) is 0.520. The molecule has 2 fully saturated rings. The van der Waals surface area contributed by atoms with Gasteiger partial charge < -0.3 is 24.1 Å². The van der Waals surface area contributed by atoms with Crippen LogP contribution in [0.15, 0.2) is 30.7 Å². The van der Waals surface area contributed by atoms with E-state index in [1.807, 2.05) is 23.1 Å². The number of aryl methyl sites for hydroxylation is 1. The van der Waals surface area contributed by atoms with Crippen molar-refractivity contribution < 1.29 is 14.2 Å². The van der Waals surface area contributed by atoms with E-state index in [0.717, 1.165) is 72.5 Å². The van der Waals surface area contributed by atoms with Crippen LogP contribution in [0.4, 0.5) is 5.95 Å². The fourth-order valence-corrected chi connectivity index (χ4v) is 5.15. The quantitative estimate of drug-likeness (QED) is 0.386. The normalized spacial score (nSPS) is 21.0. The number of aromatic nitrogens is 6. The van der Waals surface area contributed by atoms with Crippen molar-refractivity contribution in [2.75, 3.05) is 38.9 Å². The zero-order valence-electron chi connectivity index (χ0n) is 20.2. The first kappa shape index (κ1) is 22.4. The van der Waals surface area contributed by atoms with Crippen LogP contribution < -0.4 is 5.32 Å². The number of hydrogen-bond acceptors (Lipinski definition) is 8. The summed E-state index contributed by atoms with van der Waals surface area (Å²) in [5, 5.41) is 8.11. The second-order valence-corrected chi connectivity index (χ2v) is 9.38. The molecule has 1 aliphatic carbocycles. The zero-order valence-corrected chi connectivity index (χ0v) is 20.2. The first-order valence-corrected chi connectivity index (χ1v) is 12.3. The van der Waals surface area contributed by atoms with Crippen molar-refractivity contribution in [2.24, 2.45) is 0 Å². The lowest BCUT2D eigenvalue weighted by atomic mass is 9.89. The first-order valence-electron chi connectivity index (χ1n) is 12.3. The molecule has 10 heteroatoms. The molecule has 0 amide bonds. The van der Waals surface area contributed by atoms with Gasteiger partial charge in [0, 0.05) is 55.9 Å². The Bertz CT molecular complexity index is 1320. The van der Waals surface area contributed by atoms with Gasteiger partial charge in [-0.1, -0.05) is 0 Å². The van der Waals surface area contributed by atoms with Crippen molar-refractivity contribution in [3.63, 3.8) is 0 Å². The maximum Gasteiger partial charge on any atom is 0.241 e. The molecule has 1 aliphatic heterocycles. The maximum absolute atomic E-state index is 5.76. The maximum atomic E-state index is 5.76. The lowest BCUT2D eigenvalue weighted by molar-refractivity contribution is -0.0261. The molecule has 1 saturated heterocycles. The number of anilines is 1. The van der Waals surface area contributed by atoms with E-state index in [1.165, 1.54) is 0 Å². The summed E-state index contributed by atoms with van der Waals surface area (Å²) >= 11 is 0. The van der Waals surface area contributed by atoms with Crippen LogP contribution in [0.2, 0.25) is 0 Å². The average Bonchev–Trinajstić information content (AvgIpc) is 3.42. The molecular weight excluding hydrogens is 446 g/mol. The molecule has 0 atom stereocenters. The van der Waals surface area contributed by atoms with Crippen LogP contribution in [0.3, 0.4) is 0 Å². The van der Waals surface area contributed by atoms with Crippen molar-refractivity contribution in [1.29, 1.82) is 0 Å². The summed E-state index contributed by atoms with van der Waals surface area (Å²) in [4.78, 5) is 14.0. The van der Waals surface area contributed by atoms with E-state index in [4.69, 9.17) is 19.2 Å². The van der Waals surface area contributed by atoms with Crippen molar-refractivity contribution in [3.8, 4) is 11.1 Å². The van der Waals surface area contributed by atoms with Gasteiger partial charge in [-0.25, -0.2) is 19.5 Å². The van der Waals surface area contributed by atoms with Gasteiger partial charge in [0.2, 0.25) is 5.95 Å². The summed E-state index contributed by atoms with van der Waals surface area (Å²) in [5.41, 5.74) is 4.89. The van der Waals surface area contributed by atoms with Gasteiger partial charge in [-0.05, 0) is 44.7 Å². The van der Waals surface area contributed by atoms with Gasteiger partial charge in [-0.2, -0.15) is 0 Å². The highest BCUT2D eigenvalue weighted by Crippen LogP contribution is 2.32. The number of ether oxygens (including phenoxy) is 3. The zero-order chi connectivity index (χ0) is 23.8. The molecule has 10 nitrogen and oxygen atoms in total. The lowest BCUT2D eigenvalue weighted by Crippen LogP contribution is -2.41. The summed E-state index contributed by atoms with van der Waals surface area (Å²) in [5.74, 6) is 1.63. The van der Waals surface area contributed by atoms with Gasteiger partial charge >= 0.3 is 0 Å². The van der Waals surface area contributed by atoms with E-state index in [0.29, 0.717) is 31.2 Å². The van der Waals surface area contributed by atoms with E-state index in [2.05, 4.69) is 44.0 Å². The van der Waals surface area contributed by atoms with Crippen LogP contribution >= 0.6 is 0 Å². The fourth-order valence-electron chi connectivity index (χ4n) is 5.15. The highest BCUT2D eigenvalue weighted by atomic mass is 16.5. The monoisotopic (exact) mass is 477 g/mol. The molecule has 0 bridgehead atoms. The number of nitrogens with zero attached hydrogens (tertiary/aromatic N) is 6. The second-order valence-electron chi connectivity index (χ2n) is 9.38. The smallest absolute Gasteiger partial charge is 0.241 e. The first-order chi connectivity index (χ1) is 17.2. The molecule has 0 spiro atoms. The Balaban J connectivity index is 1.21. The molecule has 5 heterocycles. The van der Waals surface area contributed by atoms with Crippen LogP contribution in [0, 0.1) is 6.92 Å². The van der Waals surface area contributed by atoms with E-state index in [9.17, 15) is 0 Å². The molecule has 6 rings (SSSR count). The number of methoxy groups -OCH3 is 1. The molecular formula is C25H31N7O3. The molecule has 1 N–H and O–H groups in total. The summed E-state index contributed by atoms with van der Waals surface area (Å²) in [6.07, 6.45) is 9.92. The summed E-state index contributed by atoms with van der Waals surface area (Å²) in [7, 11) is 1.69. The predicted octanol–water partition coefficient (Wildman–Crippen LogP) is 3.41. The van der Waals surface area contributed by atoms with Gasteiger partial charge in [-0.3, -0.25) is 0 Å². The van der Waals surface area contributed by atoms with Crippen molar-refractivity contribution in [2.45, 2.75) is 50.8 Å². The van der Waals surface area contributed by atoms with Gasteiger partial charge in [-0.15, -0.1) is 5.10 Å². The molecule has 2 aliphatic rings. The topological polar surface area (TPSA) is 101 Å². The number of imidazole rings is 1. The van der Waals surface area contributed by atoms with Crippen molar-refractivity contribution in [3.05, 3.63) is 36.5 Å². The third-order valence-electron chi connectivity index (χ3n) is 7.08. The highest BCUT2D eigenvalue weighted by molar-refractivity contribution is 5.85. The van der Waals surface area contributed by atoms with Crippen LogP contribution in [0.5, 0.6) is 0 Å². The van der Waals surface area contributed by atoms with Crippen LogP contribution in [-0.2, 0) is 14.2 Å². The number of pyridine rings is 1. The summed E-state index contributed by atoms with van der Waals surface area (Å²) in [6, 6.07) is 4.99. The molecule has 1 saturated carbocycles. The average molecular weight is 478 g/mol. The predicted molar refractivity (Wildman–Crippen MR) is 132 cm³/mol. The molecule has 0 aromatic carbocycles. The van der Waals surface area contributed by atoms with Gasteiger partial charge in [0.1, 0.15) is 5.82 Å². The van der Waals surface area contributed by atoms with Gasteiger partial charge in [0.25, 0.3) is 0 Å². The molecule has 4 aromatic heterocycles. The van der Waals surface area contributed by atoms with Crippen molar-refractivity contribution in [1.82, 2.24) is 29.1 Å². The Hall–Kier alpha value is -3.08. The number of nitrogens with one attached hydrogen (secondary N) is 1. The summed E-state index contributed by atoms with van der Waals surface area (Å²) < 4.78 is 20.6. The molecule has 0 radical (unpaired) electrons. The molecule has 0 unspecified atom stereocenters. The third-order valence-corrected chi connectivity index (χ3v) is 7.08.